The van der Waals surface area contributed by atoms with E-state index in [4.69, 9.17) is 4.74 Å². The van der Waals surface area contributed by atoms with Gasteiger partial charge >= 0.3 is 0 Å². The van der Waals surface area contributed by atoms with Crippen molar-refractivity contribution in [3.63, 3.8) is 0 Å². The fraction of sp³-hybridized carbons (Fsp3) is 0.227. The van der Waals surface area contributed by atoms with E-state index in [0.29, 0.717) is 29.7 Å². The second-order valence-electron chi connectivity index (χ2n) is 6.97. The van der Waals surface area contributed by atoms with Crippen LogP contribution in [0.2, 0.25) is 0 Å². The Hall–Kier alpha value is -3.35. The summed E-state index contributed by atoms with van der Waals surface area (Å²) in [6.07, 6.45) is 4.23. The first-order valence-electron chi connectivity index (χ1n) is 9.22. The zero-order valence-electron chi connectivity index (χ0n) is 16.1. The van der Waals surface area contributed by atoms with Gasteiger partial charge in [0.1, 0.15) is 12.4 Å². The molecular weight excluding hydrogens is 376 g/mol. The molecule has 1 amide bonds. The lowest BCUT2D eigenvalue weighted by atomic mass is 9.93. The van der Waals surface area contributed by atoms with Crippen LogP contribution in [0.15, 0.2) is 42.7 Å². The van der Waals surface area contributed by atoms with Gasteiger partial charge in [0, 0.05) is 54.3 Å². The number of halogens is 2. The number of nitrogens with zero attached hydrogens (tertiary/aromatic N) is 3. The normalized spacial score (nSPS) is 13.4. The maximum absolute atomic E-state index is 14.9. The van der Waals surface area contributed by atoms with Gasteiger partial charge in [-0.25, -0.2) is 4.39 Å². The Bertz CT molecular complexity index is 1100. The number of ether oxygens (including phenoxy) is 1. The van der Waals surface area contributed by atoms with E-state index in [1.807, 2.05) is 6.92 Å². The largest absolute Gasteiger partial charge is 0.473 e. The third kappa shape index (κ3) is 3.68. The highest BCUT2D eigenvalue weighted by atomic mass is 19.1. The molecule has 2 aromatic heterocycles. The van der Waals surface area contributed by atoms with Gasteiger partial charge in [-0.2, -0.15) is 9.37 Å². The van der Waals surface area contributed by atoms with Gasteiger partial charge in [0.05, 0.1) is 0 Å². The van der Waals surface area contributed by atoms with Gasteiger partial charge < -0.3 is 9.64 Å². The highest BCUT2D eigenvalue weighted by molar-refractivity contribution is 5.96. The lowest BCUT2D eigenvalue weighted by Gasteiger charge is -2.26. The number of rotatable bonds is 4. The molecule has 3 heterocycles. The Balaban J connectivity index is 1.66. The quantitative estimate of drug-likeness (QED) is 0.621. The van der Waals surface area contributed by atoms with E-state index in [1.165, 1.54) is 23.1 Å². The van der Waals surface area contributed by atoms with Gasteiger partial charge in [-0.15, -0.1) is 0 Å². The van der Waals surface area contributed by atoms with Gasteiger partial charge in [-0.1, -0.05) is 6.07 Å². The lowest BCUT2D eigenvalue weighted by molar-refractivity contribution is -0.118. The number of hydrogen-bond acceptors (Lipinski definition) is 4. The number of pyridine rings is 2. The summed E-state index contributed by atoms with van der Waals surface area (Å²) in [7, 11) is 1.66. The number of benzene rings is 1. The first-order chi connectivity index (χ1) is 13.9. The Morgan fingerprint density at radius 1 is 1.14 bits per heavy atom. The minimum Gasteiger partial charge on any atom is -0.473 e. The second kappa shape index (κ2) is 7.58. The number of carbonyl (C=O) groups is 1. The van der Waals surface area contributed by atoms with Crippen LogP contribution in [-0.2, 0) is 17.8 Å². The SMILES string of the molecule is Cc1c(COc2cccc(F)n2)cncc1-c1cc2c(cc1F)N(C)C(=O)CC2. The number of carbonyl (C=O) groups excluding carboxylic acids is 1. The average Bonchev–Trinajstić information content (AvgIpc) is 2.70. The molecule has 148 valence electrons. The predicted molar refractivity (Wildman–Crippen MR) is 105 cm³/mol. The molecule has 1 aliphatic rings. The summed E-state index contributed by atoms with van der Waals surface area (Å²) < 4.78 is 33.7. The van der Waals surface area contributed by atoms with E-state index >= 15 is 0 Å². The Morgan fingerprint density at radius 2 is 1.97 bits per heavy atom. The van der Waals surface area contributed by atoms with Crippen molar-refractivity contribution in [3.05, 3.63) is 71.2 Å². The fourth-order valence-electron chi connectivity index (χ4n) is 3.48. The minimum absolute atomic E-state index is 0.0207. The number of amides is 1. The Kier molecular flexibility index (Phi) is 4.96. The van der Waals surface area contributed by atoms with Gasteiger partial charge in [0.2, 0.25) is 17.7 Å². The topological polar surface area (TPSA) is 55.3 Å². The van der Waals surface area contributed by atoms with Crippen molar-refractivity contribution in [2.24, 2.45) is 0 Å². The predicted octanol–water partition coefficient (Wildman–Crippen LogP) is 4.22. The van der Waals surface area contributed by atoms with Crippen molar-refractivity contribution in [1.82, 2.24) is 9.97 Å². The molecule has 3 aromatic rings. The molecular formula is C22H19F2N3O2. The summed E-state index contributed by atoms with van der Waals surface area (Å²) in [6.45, 7) is 2.00. The molecule has 0 unspecified atom stereocenters. The maximum atomic E-state index is 14.9. The second-order valence-corrected chi connectivity index (χ2v) is 6.97. The van der Waals surface area contributed by atoms with E-state index in [0.717, 1.165) is 16.7 Å². The minimum atomic E-state index is -0.620. The summed E-state index contributed by atoms with van der Waals surface area (Å²) in [5.41, 5.74) is 4.17. The number of anilines is 1. The molecule has 0 atom stereocenters. The van der Waals surface area contributed by atoms with E-state index in [-0.39, 0.29) is 18.4 Å². The third-order valence-corrected chi connectivity index (χ3v) is 5.19. The molecule has 0 N–H and O–H groups in total. The summed E-state index contributed by atoms with van der Waals surface area (Å²) in [5, 5.41) is 0. The van der Waals surface area contributed by atoms with Gasteiger partial charge in [-0.3, -0.25) is 9.78 Å². The molecule has 1 aromatic carbocycles. The zero-order chi connectivity index (χ0) is 20.5. The van der Waals surface area contributed by atoms with Crippen LogP contribution >= 0.6 is 0 Å². The Morgan fingerprint density at radius 3 is 2.76 bits per heavy atom. The van der Waals surface area contributed by atoms with Crippen molar-refractivity contribution in [2.45, 2.75) is 26.4 Å². The maximum Gasteiger partial charge on any atom is 0.227 e. The van der Waals surface area contributed by atoms with Gasteiger partial charge in [0.15, 0.2) is 0 Å². The van der Waals surface area contributed by atoms with Crippen LogP contribution in [0.5, 0.6) is 5.88 Å². The molecule has 0 spiro atoms. The van der Waals surface area contributed by atoms with Crippen molar-refractivity contribution in [1.29, 1.82) is 0 Å². The number of hydrogen-bond donors (Lipinski definition) is 0. The van der Waals surface area contributed by atoms with Crippen LogP contribution in [0.3, 0.4) is 0 Å². The van der Waals surface area contributed by atoms with Crippen molar-refractivity contribution >= 4 is 11.6 Å². The van der Waals surface area contributed by atoms with Crippen LogP contribution in [0, 0.1) is 18.7 Å². The molecule has 0 aliphatic carbocycles. The zero-order valence-corrected chi connectivity index (χ0v) is 16.1. The van der Waals surface area contributed by atoms with Crippen molar-refractivity contribution < 1.29 is 18.3 Å². The van der Waals surface area contributed by atoms with Crippen molar-refractivity contribution in [2.75, 3.05) is 11.9 Å². The molecule has 0 saturated heterocycles. The van der Waals surface area contributed by atoms with Crippen LogP contribution in [0.4, 0.5) is 14.5 Å². The molecule has 0 saturated carbocycles. The third-order valence-electron chi connectivity index (χ3n) is 5.19. The number of aromatic nitrogens is 2. The molecule has 0 radical (unpaired) electrons. The highest BCUT2D eigenvalue weighted by Gasteiger charge is 2.24. The number of fused-ring (bicyclic) bond motifs is 1. The average molecular weight is 395 g/mol. The summed E-state index contributed by atoms with van der Waals surface area (Å²) in [4.78, 5) is 21.3. The van der Waals surface area contributed by atoms with Crippen LogP contribution in [0.1, 0.15) is 23.1 Å². The number of aryl methyl sites for hydroxylation is 1. The van der Waals surface area contributed by atoms with Gasteiger partial charge in [-0.05, 0) is 42.7 Å². The van der Waals surface area contributed by atoms with E-state index in [1.54, 1.807) is 31.6 Å². The van der Waals surface area contributed by atoms with Gasteiger partial charge in [0.25, 0.3) is 0 Å². The molecule has 0 fully saturated rings. The van der Waals surface area contributed by atoms with Crippen molar-refractivity contribution in [3.8, 4) is 17.0 Å². The fourth-order valence-corrected chi connectivity index (χ4v) is 3.48. The molecule has 1 aliphatic heterocycles. The first kappa shape index (κ1) is 19.0. The smallest absolute Gasteiger partial charge is 0.227 e. The Labute approximate surface area is 167 Å². The van der Waals surface area contributed by atoms with Crippen LogP contribution in [0.25, 0.3) is 11.1 Å². The summed E-state index contributed by atoms with van der Waals surface area (Å²) in [6, 6.07) is 7.52. The molecule has 29 heavy (non-hydrogen) atoms. The summed E-state index contributed by atoms with van der Waals surface area (Å²) >= 11 is 0. The van der Waals surface area contributed by atoms with E-state index < -0.39 is 11.8 Å². The lowest BCUT2D eigenvalue weighted by Crippen LogP contribution is -2.31. The van der Waals surface area contributed by atoms with E-state index in [2.05, 4.69) is 9.97 Å². The van der Waals surface area contributed by atoms with E-state index in [9.17, 15) is 13.6 Å². The monoisotopic (exact) mass is 395 g/mol. The van der Waals surface area contributed by atoms with Crippen LogP contribution in [-0.4, -0.2) is 22.9 Å². The molecule has 7 heteroatoms. The molecule has 0 bridgehead atoms. The van der Waals surface area contributed by atoms with Crippen LogP contribution < -0.4 is 9.64 Å². The summed E-state index contributed by atoms with van der Waals surface area (Å²) in [5.74, 6) is -0.888. The highest BCUT2D eigenvalue weighted by Crippen LogP contribution is 2.35. The first-order valence-corrected chi connectivity index (χ1v) is 9.22. The molecule has 4 rings (SSSR count). The molecule has 5 nitrogen and oxygen atoms in total. The standard InChI is InChI=1S/C22H19F2N3O2/c1-13-15(12-29-21-5-3-4-20(24)26-21)10-25-11-17(13)16-8-14-6-7-22(28)27(2)19(14)9-18(16)23/h3-5,8-11H,6-7,12H2,1-2H3.